The molecule has 1 aromatic heterocycles. The van der Waals surface area contributed by atoms with E-state index in [0.29, 0.717) is 10.6 Å². The van der Waals surface area contributed by atoms with Crippen LogP contribution in [0.25, 0.3) is 20.8 Å². The molecule has 6 heteroatoms. The highest BCUT2D eigenvalue weighted by atomic mass is 32.1. The number of para-hydroxylation sites is 1. The van der Waals surface area contributed by atoms with E-state index in [2.05, 4.69) is 4.98 Å². The van der Waals surface area contributed by atoms with E-state index in [9.17, 15) is 13.2 Å². The Hall–Kier alpha value is -2.08. The topological polar surface area (TPSA) is 38.9 Å². The average molecular weight is 294 g/mol. The lowest BCUT2D eigenvalue weighted by Gasteiger charge is -2.09. The van der Waals surface area contributed by atoms with Gasteiger partial charge in [-0.1, -0.05) is 12.1 Å². The summed E-state index contributed by atoms with van der Waals surface area (Å²) in [6, 6.07) is 10.9. The molecule has 0 saturated carbocycles. The second kappa shape index (κ2) is 4.49. The van der Waals surface area contributed by atoms with E-state index >= 15 is 0 Å². The van der Waals surface area contributed by atoms with Crippen molar-refractivity contribution in [2.45, 2.75) is 6.18 Å². The minimum absolute atomic E-state index is 0.0779. The summed E-state index contributed by atoms with van der Waals surface area (Å²) in [7, 11) is 0. The van der Waals surface area contributed by atoms with Crippen molar-refractivity contribution in [1.82, 2.24) is 4.98 Å². The maximum Gasteiger partial charge on any atom is 0.416 e. The van der Waals surface area contributed by atoms with E-state index < -0.39 is 11.7 Å². The number of benzene rings is 2. The van der Waals surface area contributed by atoms with Crippen LogP contribution in [0.3, 0.4) is 0 Å². The number of aromatic nitrogens is 1. The smallest absolute Gasteiger partial charge is 0.399 e. The third-order valence-electron chi connectivity index (χ3n) is 2.82. The fourth-order valence-electron chi connectivity index (χ4n) is 1.93. The first kappa shape index (κ1) is 12.9. The summed E-state index contributed by atoms with van der Waals surface area (Å²) < 4.78 is 39.3. The predicted octanol–water partition coefficient (Wildman–Crippen LogP) is 4.56. The SMILES string of the molecule is Nc1cc(-c2nc3ccccc3s2)cc(C(F)(F)F)c1. The van der Waals surface area contributed by atoms with Crippen LogP contribution in [0.15, 0.2) is 42.5 Å². The summed E-state index contributed by atoms with van der Waals surface area (Å²) in [5.41, 5.74) is 6.04. The van der Waals surface area contributed by atoms with E-state index in [1.807, 2.05) is 24.3 Å². The van der Waals surface area contributed by atoms with Crippen LogP contribution in [-0.4, -0.2) is 4.98 Å². The van der Waals surface area contributed by atoms with Crippen molar-refractivity contribution in [3.05, 3.63) is 48.0 Å². The molecule has 0 radical (unpaired) electrons. The molecule has 20 heavy (non-hydrogen) atoms. The molecule has 3 rings (SSSR count). The Balaban J connectivity index is 2.16. The number of hydrogen-bond donors (Lipinski definition) is 1. The van der Waals surface area contributed by atoms with Gasteiger partial charge in [0.05, 0.1) is 15.8 Å². The fraction of sp³-hybridized carbons (Fsp3) is 0.0714. The average Bonchev–Trinajstić information content (AvgIpc) is 2.80. The first-order valence-electron chi connectivity index (χ1n) is 5.77. The van der Waals surface area contributed by atoms with Gasteiger partial charge in [-0.05, 0) is 30.3 Å². The minimum atomic E-state index is -4.42. The number of nitrogens with two attached hydrogens (primary N) is 1. The van der Waals surface area contributed by atoms with E-state index in [4.69, 9.17) is 5.73 Å². The van der Waals surface area contributed by atoms with Crippen LogP contribution in [0.5, 0.6) is 0 Å². The van der Waals surface area contributed by atoms with Gasteiger partial charge >= 0.3 is 6.18 Å². The van der Waals surface area contributed by atoms with Crippen LogP contribution in [0.1, 0.15) is 5.56 Å². The van der Waals surface area contributed by atoms with Gasteiger partial charge in [0.25, 0.3) is 0 Å². The lowest BCUT2D eigenvalue weighted by molar-refractivity contribution is -0.137. The molecular weight excluding hydrogens is 285 g/mol. The second-order valence-corrected chi connectivity index (χ2v) is 5.36. The molecule has 102 valence electrons. The van der Waals surface area contributed by atoms with Crippen LogP contribution in [-0.2, 0) is 6.18 Å². The van der Waals surface area contributed by atoms with Gasteiger partial charge in [-0.15, -0.1) is 11.3 Å². The van der Waals surface area contributed by atoms with Gasteiger partial charge in [0.2, 0.25) is 0 Å². The molecule has 3 aromatic rings. The Labute approximate surface area is 116 Å². The van der Waals surface area contributed by atoms with Crippen molar-refractivity contribution >= 4 is 27.2 Å². The molecule has 0 bridgehead atoms. The second-order valence-electron chi connectivity index (χ2n) is 4.33. The number of nitrogens with zero attached hydrogens (tertiary/aromatic N) is 1. The van der Waals surface area contributed by atoms with Gasteiger partial charge in [-0.3, -0.25) is 0 Å². The molecule has 2 aromatic carbocycles. The van der Waals surface area contributed by atoms with Crippen molar-refractivity contribution in [1.29, 1.82) is 0 Å². The van der Waals surface area contributed by atoms with Gasteiger partial charge in [0.15, 0.2) is 0 Å². The molecule has 0 atom stereocenters. The lowest BCUT2D eigenvalue weighted by Crippen LogP contribution is -2.05. The van der Waals surface area contributed by atoms with E-state index in [0.717, 1.165) is 22.3 Å². The number of nitrogen functional groups attached to an aromatic ring is 1. The molecule has 0 unspecified atom stereocenters. The van der Waals surface area contributed by atoms with Crippen molar-refractivity contribution in [3.63, 3.8) is 0 Å². The van der Waals surface area contributed by atoms with Crippen molar-refractivity contribution in [3.8, 4) is 10.6 Å². The molecule has 2 N–H and O–H groups in total. The summed E-state index contributed by atoms with van der Waals surface area (Å²) in [6.45, 7) is 0. The third-order valence-corrected chi connectivity index (χ3v) is 3.91. The summed E-state index contributed by atoms with van der Waals surface area (Å²) in [5, 5.41) is 0.531. The lowest BCUT2D eigenvalue weighted by atomic mass is 10.1. The first-order chi connectivity index (χ1) is 9.43. The minimum Gasteiger partial charge on any atom is -0.399 e. The molecule has 1 heterocycles. The van der Waals surface area contributed by atoms with Gasteiger partial charge in [-0.2, -0.15) is 13.2 Å². The maximum atomic E-state index is 12.8. The highest BCUT2D eigenvalue weighted by molar-refractivity contribution is 7.21. The standard InChI is InChI=1S/C14H9F3N2S/c15-14(16,17)9-5-8(6-10(18)7-9)13-19-11-3-1-2-4-12(11)20-13/h1-7H,18H2. The van der Waals surface area contributed by atoms with Gasteiger partial charge in [-0.25, -0.2) is 4.98 Å². The highest BCUT2D eigenvalue weighted by Crippen LogP contribution is 2.36. The summed E-state index contributed by atoms with van der Waals surface area (Å²) in [5.74, 6) is 0. The first-order valence-corrected chi connectivity index (χ1v) is 6.59. The van der Waals surface area contributed by atoms with Gasteiger partial charge in [0, 0.05) is 11.3 Å². The molecule has 0 saturated heterocycles. The Bertz CT molecular complexity index is 744. The van der Waals surface area contributed by atoms with E-state index in [1.165, 1.54) is 17.4 Å². The number of rotatable bonds is 1. The zero-order valence-electron chi connectivity index (χ0n) is 10.1. The quantitative estimate of drug-likeness (QED) is 0.668. The molecule has 0 fully saturated rings. The zero-order valence-corrected chi connectivity index (χ0v) is 10.9. The molecule has 0 aliphatic carbocycles. The van der Waals surface area contributed by atoms with Crippen LogP contribution >= 0.6 is 11.3 Å². The molecule has 0 spiro atoms. The molecular formula is C14H9F3N2S. The van der Waals surface area contributed by atoms with Crippen molar-refractivity contribution < 1.29 is 13.2 Å². The Morgan fingerprint density at radius 1 is 1.05 bits per heavy atom. The maximum absolute atomic E-state index is 12.8. The Morgan fingerprint density at radius 2 is 1.80 bits per heavy atom. The number of fused-ring (bicyclic) bond motifs is 1. The molecule has 0 amide bonds. The number of alkyl halides is 3. The van der Waals surface area contributed by atoms with Crippen LogP contribution in [0.4, 0.5) is 18.9 Å². The van der Waals surface area contributed by atoms with Gasteiger partial charge in [0.1, 0.15) is 5.01 Å². The summed E-state index contributed by atoms with van der Waals surface area (Å²) in [4.78, 5) is 4.34. The number of anilines is 1. The highest BCUT2D eigenvalue weighted by Gasteiger charge is 2.31. The monoisotopic (exact) mass is 294 g/mol. The van der Waals surface area contributed by atoms with Crippen LogP contribution in [0, 0.1) is 0 Å². The van der Waals surface area contributed by atoms with Gasteiger partial charge < -0.3 is 5.73 Å². The number of halogens is 3. The predicted molar refractivity (Wildman–Crippen MR) is 74.5 cm³/mol. The van der Waals surface area contributed by atoms with Crippen molar-refractivity contribution in [2.75, 3.05) is 5.73 Å². The summed E-state index contributed by atoms with van der Waals surface area (Å²) in [6.07, 6.45) is -4.42. The van der Waals surface area contributed by atoms with E-state index in [-0.39, 0.29) is 5.69 Å². The Morgan fingerprint density at radius 3 is 2.50 bits per heavy atom. The fourth-order valence-corrected chi connectivity index (χ4v) is 2.89. The molecule has 2 nitrogen and oxygen atoms in total. The largest absolute Gasteiger partial charge is 0.416 e. The number of hydrogen-bond acceptors (Lipinski definition) is 3. The zero-order chi connectivity index (χ0) is 14.3. The van der Waals surface area contributed by atoms with Crippen LogP contribution < -0.4 is 5.73 Å². The van der Waals surface area contributed by atoms with Crippen LogP contribution in [0.2, 0.25) is 0 Å². The third kappa shape index (κ3) is 2.34. The van der Waals surface area contributed by atoms with E-state index in [1.54, 1.807) is 0 Å². The summed E-state index contributed by atoms with van der Waals surface area (Å²) >= 11 is 1.34. The number of thiazole rings is 1. The van der Waals surface area contributed by atoms with Crippen molar-refractivity contribution in [2.24, 2.45) is 0 Å². The Kier molecular flexibility index (Phi) is 2.90. The normalized spacial score (nSPS) is 11.9. The molecule has 0 aliphatic heterocycles. The molecule has 0 aliphatic rings.